The summed E-state index contributed by atoms with van der Waals surface area (Å²) in [6.45, 7) is 4.63. The highest BCUT2D eigenvalue weighted by molar-refractivity contribution is 7.89. The molecule has 0 atom stereocenters. The molecule has 0 radical (unpaired) electrons. The number of hydrogen-bond acceptors (Lipinski definition) is 3. The minimum absolute atomic E-state index is 0.0471. The van der Waals surface area contributed by atoms with E-state index in [9.17, 15) is 8.42 Å². The molecule has 0 unspecified atom stereocenters. The lowest BCUT2D eigenvalue weighted by atomic mass is 9.94. The van der Waals surface area contributed by atoms with Gasteiger partial charge in [0.05, 0.1) is 0 Å². The van der Waals surface area contributed by atoms with Gasteiger partial charge in [0.15, 0.2) is 5.03 Å². The minimum Gasteiger partial charge on any atom is -0.334 e. The maximum Gasteiger partial charge on any atom is 0.259 e. The van der Waals surface area contributed by atoms with Gasteiger partial charge >= 0.3 is 0 Å². The number of nitrogens with one attached hydrogen (secondary N) is 1. The van der Waals surface area contributed by atoms with Crippen molar-refractivity contribution in [3.63, 3.8) is 0 Å². The summed E-state index contributed by atoms with van der Waals surface area (Å²) in [5.41, 5.74) is 0. The van der Waals surface area contributed by atoms with Crippen molar-refractivity contribution in [1.82, 2.24) is 14.3 Å². The molecule has 1 aromatic rings. The Balaban J connectivity index is 2.11. The molecule has 1 saturated carbocycles. The lowest BCUT2D eigenvalue weighted by Gasteiger charge is -2.30. The number of halogens is 1. The SMILES string of the molecule is CCCn1cc(S(=O)(=O)NC2CC(Cl)C2)nc1C. The van der Waals surface area contributed by atoms with E-state index in [1.54, 1.807) is 6.20 Å². The molecule has 2 rings (SSSR count). The molecule has 1 heterocycles. The molecule has 1 aliphatic rings. The summed E-state index contributed by atoms with van der Waals surface area (Å²) in [5, 5.41) is 0.198. The number of aromatic nitrogens is 2. The first-order chi connectivity index (χ1) is 8.42. The van der Waals surface area contributed by atoms with Crippen molar-refractivity contribution in [2.75, 3.05) is 0 Å². The molecule has 1 fully saturated rings. The van der Waals surface area contributed by atoms with Crippen LogP contribution in [0.1, 0.15) is 32.0 Å². The Morgan fingerprint density at radius 3 is 2.78 bits per heavy atom. The van der Waals surface area contributed by atoms with E-state index < -0.39 is 10.0 Å². The molecule has 18 heavy (non-hydrogen) atoms. The van der Waals surface area contributed by atoms with Crippen molar-refractivity contribution in [2.24, 2.45) is 0 Å². The zero-order valence-corrected chi connectivity index (χ0v) is 12.1. The Bertz CT molecular complexity index is 520. The van der Waals surface area contributed by atoms with Crippen LogP contribution in [0.15, 0.2) is 11.2 Å². The molecule has 0 spiro atoms. The second kappa shape index (κ2) is 5.19. The van der Waals surface area contributed by atoms with Gasteiger partial charge < -0.3 is 4.57 Å². The van der Waals surface area contributed by atoms with Gasteiger partial charge in [-0.05, 0) is 26.2 Å². The first-order valence-electron chi connectivity index (χ1n) is 6.12. The minimum atomic E-state index is -3.50. The lowest BCUT2D eigenvalue weighted by Crippen LogP contribution is -2.44. The number of imidazole rings is 1. The van der Waals surface area contributed by atoms with E-state index >= 15 is 0 Å². The summed E-state index contributed by atoms with van der Waals surface area (Å²) in [5.74, 6) is 0.723. The van der Waals surface area contributed by atoms with Gasteiger partial charge in [-0.15, -0.1) is 11.6 Å². The number of sulfonamides is 1. The predicted molar refractivity (Wildman–Crippen MR) is 70.2 cm³/mol. The predicted octanol–water partition coefficient (Wildman–Crippen LogP) is 1.65. The maximum atomic E-state index is 12.1. The highest BCUT2D eigenvalue weighted by Crippen LogP contribution is 2.26. The highest BCUT2D eigenvalue weighted by atomic mass is 35.5. The molecule has 5 nitrogen and oxygen atoms in total. The summed E-state index contributed by atoms with van der Waals surface area (Å²) in [6, 6.07) is -0.0471. The zero-order chi connectivity index (χ0) is 13.3. The fourth-order valence-electron chi connectivity index (χ4n) is 2.00. The monoisotopic (exact) mass is 291 g/mol. The Morgan fingerprint density at radius 1 is 1.56 bits per heavy atom. The molecule has 0 amide bonds. The molecule has 7 heteroatoms. The van der Waals surface area contributed by atoms with Crippen LogP contribution >= 0.6 is 11.6 Å². The van der Waals surface area contributed by atoms with E-state index in [4.69, 9.17) is 11.6 Å². The Morgan fingerprint density at radius 2 is 2.22 bits per heavy atom. The van der Waals surface area contributed by atoms with E-state index in [2.05, 4.69) is 9.71 Å². The number of rotatable bonds is 5. The summed E-state index contributed by atoms with van der Waals surface area (Å²) < 4.78 is 28.7. The third-order valence-corrected chi connectivity index (χ3v) is 4.84. The number of nitrogens with zero attached hydrogens (tertiary/aromatic N) is 2. The van der Waals surface area contributed by atoms with Crippen molar-refractivity contribution in [1.29, 1.82) is 0 Å². The Labute approximate surface area is 113 Å². The first kappa shape index (κ1) is 13.8. The van der Waals surface area contributed by atoms with Gasteiger partial charge in [0, 0.05) is 24.2 Å². The van der Waals surface area contributed by atoms with Crippen LogP contribution in [0.25, 0.3) is 0 Å². The van der Waals surface area contributed by atoms with E-state index in [1.807, 2.05) is 18.4 Å². The average Bonchev–Trinajstić information content (AvgIpc) is 2.59. The molecule has 0 aromatic carbocycles. The summed E-state index contributed by atoms with van der Waals surface area (Å²) in [6.07, 6.45) is 3.92. The fourth-order valence-corrected chi connectivity index (χ4v) is 3.70. The van der Waals surface area contributed by atoms with Gasteiger partial charge in [0.1, 0.15) is 5.82 Å². The molecule has 0 saturated heterocycles. The molecular formula is C11H18ClN3O2S. The third kappa shape index (κ3) is 2.87. The number of aryl methyl sites for hydroxylation is 2. The van der Waals surface area contributed by atoms with Crippen LogP contribution in [0.2, 0.25) is 0 Å². The standard InChI is InChI=1S/C11H18ClN3O2S/c1-3-4-15-7-11(13-8(15)2)18(16,17)14-10-5-9(12)6-10/h7,9-10,14H,3-6H2,1-2H3. The van der Waals surface area contributed by atoms with Crippen molar-refractivity contribution >= 4 is 21.6 Å². The molecule has 1 N–H and O–H groups in total. The highest BCUT2D eigenvalue weighted by Gasteiger charge is 2.32. The van der Waals surface area contributed by atoms with Gasteiger partial charge in [-0.1, -0.05) is 6.92 Å². The first-order valence-corrected chi connectivity index (χ1v) is 8.04. The van der Waals surface area contributed by atoms with E-state index in [0.717, 1.165) is 18.8 Å². The lowest BCUT2D eigenvalue weighted by molar-refractivity contribution is 0.391. The Hall–Kier alpha value is -0.590. The second-order valence-corrected chi connectivity index (χ2v) is 6.98. The molecule has 0 aliphatic heterocycles. The van der Waals surface area contributed by atoms with Gasteiger partial charge in [0.2, 0.25) is 0 Å². The van der Waals surface area contributed by atoms with E-state index in [-0.39, 0.29) is 16.4 Å². The normalized spacial score (nSPS) is 23.9. The van der Waals surface area contributed by atoms with Crippen molar-refractivity contribution in [3.05, 3.63) is 12.0 Å². The van der Waals surface area contributed by atoms with Crippen molar-refractivity contribution < 1.29 is 8.42 Å². The molecular weight excluding hydrogens is 274 g/mol. The maximum absolute atomic E-state index is 12.1. The molecule has 1 aliphatic carbocycles. The summed E-state index contributed by atoms with van der Waals surface area (Å²) >= 11 is 5.83. The van der Waals surface area contributed by atoms with Crippen LogP contribution in [-0.2, 0) is 16.6 Å². The van der Waals surface area contributed by atoms with Gasteiger partial charge in [0.25, 0.3) is 10.0 Å². The fraction of sp³-hybridized carbons (Fsp3) is 0.727. The van der Waals surface area contributed by atoms with Crippen LogP contribution < -0.4 is 4.72 Å². The molecule has 1 aromatic heterocycles. The van der Waals surface area contributed by atoms with Crippen molar-refractivity contribution in [3.8, 4) is 0 Å². The Kier molecular flexibility index (Phi) is 3.99. The average molecular weight is 292 g/mol. The number of alkyl halides is 1. The summed E-state index contributed by atoms with van der Waals surface area (Å²) in [4.78, 5) is 4.11. The second-order valence-electron chi connectivity index (χ2n) is 4.71. The number of hydrogen-bond donors (Lipinski definition) is 1. The van der Waals surface area contributed by atoms with Crippen LogP contribution in [0.3, 0.4) is 0 Å². The summed E-state index contributed by atoms with van der Waals surface area (Å²) in [7, 11) is -3.50. The van der Waals surface area contributed by atoms with E-state index in [1.165, 1.54) is 0 Å². The topological polar surface area (TPSA) is 64.0 Å². The van der Waals surface area contributed by atoms with Crippen LogP contribution in [0, 0.1) is 6.92 Å². The van der Waals surface area contributed by atoms with Gasteiger partial charge in [-0.2, -0.15) is 0 Å². The van der Waals surface area contributed by atoms with Crippen LogP contribution in [0.4, 0.5) is 0 Å². The van der Waals surface area contributed by atoms with Crippen molar-refractivity contribution in [2.45, 2.75) is 56.1 Å². The zero-order valence-electron chi connectivity index (χ0n) is 10.6. The largest absolute Gasteiger partial charge is 0.334 e. The van der Waals surface area contributed by atoms with Crippen LogP contribution in [0.5, 0.6) is 0 Å². The van der Waals surface area contributed by atoms with E-state index in [0.29, 0.717) is 12.8 Å². The van der Waals surface area contributed by atoms with Crippen LogP contribution in [-0.4, -0.2) is 29.4 Å². The third-order valence-electron chi connectivity index (χ3n) is 3.10. The quantitative estimate of drug-likeness (QED) is 0.839. The smallest absolute Gasteiger partial charge is 0.259 e. The molecule has 0 bridgehead atoms. The molecule has 102 valence electrons. The van der Waals surface area contributed by atoms with Gasteiger partial charge in [-0.25, -0.2) is 18.1 Å². The van der Waals surface area contributed by atoms with Gasteiger partial charge in [-0.3, -0.25) is 0 Å².